The van der Waals surface area contributed by atoms with E-state index in [0.29, 0.717) is 0 Å². The van der Waals surface area contributed by atoms with Gasteiger partial charge in [0.1, 0.15) is 0 Å². The number of benzene rings is 1. The van der Waals surface area contributed by atoms with Gasteiger partial charge in [-0.25, -0.2) is 0 Å². The van der Waals surface area contributed by atoms with E-state index in [4.69, 9.17) is 5.11 Å². The van der Waals surface area contributed by atoms with Gasteiger partial charge in [-0.05, 0) is 17.6 Å². The van der Waals surface area contributed by atoms with Crippen LogP contribution in [0.1, 0.15) is 63.9 Å². The van der Waals surface area contributed by atoms with E-state index in [1.165, 1.54) is 38.5 Å². The lowest BCUT2D eigenvalue weighted by Crippen LogP contribution is -2.10. The molecule has 0 spiro atoms. The zero-order valence-corrected chi connectivity index (χ0v) is 13.3. The largest absolute Gasteiger partial charge is 0.392 e. The molecule has 0 bridgehead atoms. The van der Waals surface area contributed by atoms with E-state index in [-0.39, 0.29) is 6.61 Å². The van der Waals surface area contributed by atoms with E-state index in [9.17, 15) is 5.11 Å². The van der Waals surface area contributed by atoms with Crippen LogP contribution in [0.2, 0.25) is 0 Å². The normalized spacial score (nSPS) is 13.4. The van der Waals surface area contributed by atoms with Crippen LogP contribution in [0.3, 0.4) is 0 Å². The molecular formula is C19H30O2. The summed E-state index contributed by atoms with van der Waals surface area (Å²) >= 11 is 0. The number of hydrogen-bond acceptors (Lipinski definition) is 2. The lowest BCUT2D eigenvalue weighted by Gasteiger charge is -2.15. The molecular weight excluding hydrogens is 260 g/mol. The van der Waals surface area contributed by atoms with Crippen molar-refractivity contribution in [3.63, 3.8) is 0 Å². The third-order valence-corrected chi connectivity index (χ3v) is 3.86. The van der Waals surface area contributed by atoms with Crippen LogP contribution in [0.25, 0.3) is 5.57 Å². The van der Waals surface area contributed by atoms with E-state index in [2.05, 4.69) is 6.92 Å². The highest BCUT2D eigenvalue weighted by atomic mass is 16.3. The van der Waals surface area contributed by atoms with Crippen molar-refractivity contribution in [1.82, 2.24) is 0 Å². The highest BCUT2D eigenvalue weighted by Gasteiger charge is 2.12. The van der Waals surface area contributed by atoms with Gasteiger partial charge in [0.15, 0.2) is 0 Å². The van der Waals surface area contributed by atoms with Crippen LogP contribution in [-0.4, -0.2) is 22.9 Å². The molecule has 0 heterocycles. The second-order valence-electron chi connectivity index (χ2n) is 5.63. The summed E-state index contributed by atoms with van der Waals surface area (Å²) in [5.41, 5.74) is 1.85. The second kappa shape index (κ2) is 11.5. The van der Waals surface area contributed by atoms with Crippen molar-refractivity contribution in [2.45, 2.75) is 64.4 Å². The number of rotatable bonds is 11. The molecule has 0 radical (unpaired) electrons. The van der Waals surface area contributed by atoms with Crippen molar-refractivity contribution in [2.75, 3.05) is 6.61 Å². The standard InChI is InChI=1S/C19H30O2/c1-2-3-4-5-6-7-11-14-19(21)18(15-16-20)17-12-9-8-10-13-17/h8-10,12-13,15,19-21H,2-7,11,14,16H2,1H3. The maximum atomic E-state index is 10.4. The fraction of sp³-hybridized carbons (Fsp3) is 0.579. The van der Waals surface area contributed by atoms with Crippen molar-refractivity contribution in [3.05, 3.63) is 42.0 Å². The number of hydrogen-bond donors (Lipinski definition) is 2. The van der Waals surface area contributed by atoms with Crippen molar-refractivity contribution in [1.29, 1.82) is 0 Å². The van der Waals surface area contributed by atoms with Gasteiger partial charge in [-0.3, -0.25) is 0 Å². The lowest BCUT2D eigenvalue weighted by atomic mass is 9.96. The molecule has 0 aliphatic rings. The first-order chi connectivity index (χ1) is 10.3. The van der Waals surface area contributed by atoms with Gasteiger partial charge in [0.25, 0.3) is 0 Å². The molecule has 1 rings (SSSR count). The van der Waals surface area contributed by atoms with Crippen LogP contribution < -0.4 is 0 Å². The summed E-state index contributed by atoms with van der Waals surface area (Å²) < 4.78 is 0. The summed E-state index contributed by atoms with van der Waals surface area (Å²) in [6.45, 7) is 2.20. The topological polar surface area (TPSA) is 40.5 Å². The summed E-state index contributed by atoms with van der Waals surface area (Å²) in [5, 5.41) is 19.5. The molecule has 1 atom stereocenters. The van der Waals surface area contributed by atoms with Crippen molar-refractivity contribution < 1.29 is 10.2 Å². The average Bonchev–Trinajstić information content (AvgIpc) is 2.52. The minimum absolute atomic E-state index is 0.0295. The zero-order valence-electron chi connectivity index (χ0n) is 13.3. The van der Waals surface area contributed by atoms with Crippen molar-refractivity contribution in [2.24, 2.45) is 0 Å². The molecule has 0 aromatic heterocycles. The summed E-state index contributed by atoms with van der Waals surface area (Å²) in [5.74, 6) is 0. The number of aliphatic hydroxyl groups is 2. The van der Waals surface area contributed by atoms with Gasteiger partial charge in [0, 0.05) is 0 Å². The lowest BCUT2D eigenvalue weighted by molar-refractivity contribution is 0.216. The predicted molar refractivity (Wildman–Crippen MR) is 90.1 cm³/mol. The van der Waals surface area contributed by atoms with Crippen LogP contribution in [0.4, 0.5) is 0 Å². The molecule has 118 valence electrons. The molecule has 2 N–H and O–H groups in total. The molecule has 2 nitrogen and oxygen atoms in total. The SMILES string of the molecule is CCCCCCCCCC(O)C(=CCO)c1ccccc1. The molecule has 1 aromatic rings. The van der Waals surface area contributed by atoms with Crippen LogP contribution in [0.5, 0.6) is 0 Å². The number of unbranched alkanes of at least 4 members (excludes halogenated alkanes) is 6. The highest BCUT2D eigenvalue weighted by Crippen LogP contribution is 2.22. The van der Waals surface area contributed by atoms with E-state index < -0.39 is 6.10 Å². The minimum atomic E-state index is -0.477. The molecule has 2 heteroatoms. The molecule has 0 aliphatic carbocycles. The zero-order chi connectivity index (χ0) is 15.3. The summed E-state index contributed by atoms with van der Waals surface area (Å²) in [6, 6.07) is 9.84. The fourth-order valence-corrected chi connectivity index (χ4v) is 2.63. The Bertz CT molecular complexity index is 384. The second-order valence-corrected chi connectivity index (χ2v) is 5.63. The van der Waals surface area contributed by atoms with Gasteiger partial charge in [0.05, 0.1) is 12.7 Å². The monoisotopic (exact) mass is 290 g/mol. The Labute approximate surface area is 129 Å². The maximum absolute atomic E-state index is 10.4. The van der Waals surface area contributed by atoms with Gasteiger partial charge in [-0.1, -0.05) is 88.3 Å². The minimum Gasteiger partial charge on any atom is -0.392 e. The van der Waals surface area contributed by atoms with Gasteiger partial charge < -0.3 is 10.2 Å². The van der Waals surface area contributed by atoms with Crippen LogP contribution in [-0.2, 0) is 0 Å². The Morgan fingerprint density at radius 1 is 1.00 bits per heavy atom. The van der Waals surface area contributed by atoms with Gasteiger partial charge in [-0.15, -0.1) is 0 Å². The maximum Gasteiger partial charge on any atom is 0.0793 e. The molecule has 0 amide bonds. The van der Waals surface area contributed by atoms with E-state index in [1.54, 1.807) is 6.08 Å². The highest BCUT2D eigenvalue weighted by molar-refractivity contribution is 5.68. The van der Waals surface area contributed by atoms with Gasteiger partial charge >= 0.3 is 0 Å². The van der Waals surface area contributed by atoms with Crippen molar-refractivity contribution in [3.8, 4) is 0 Å². The quantitative estimate of drug-likeness (QED) is 0.586. The van der Waals surface area contributed by atoms with Crippen LogP contribution in [0, 0.1) is 0 Å². The van der Waals surface area contributed by atoms with Crippen molar-refractivity contribution >= 4 is 5.57 Å². The van der Waals surface area contributed by atoms with E-state index >= 15 is 0 Å². The number of aliphatic hydroxyl groups excluding tert-OH is 2. The third kappa shape index (κ3) is 7.45. The first-order valence-corrected chi connectivity index (χ1v) is 8.34. The fourth-order valence-electron chi connectivity index (χ4n) is 2.63. The summed E-state index contributed by atoms with van der Waals surface area (Å²) in [4.78, 5) is 0. The molecule has 0 saturated heterocycles. The average molecular weight is 290 g/mol. The van der Waals surface area contributed by atoms with Gasteiger partial charge in [-0.2, -0.15) is 0 Å². The predicted octanol–water partition coefficient (Wildman–Crippen LogP) is 4.56. The Kier molecular flexibility index (Phi) is 9.84. The Balaban J connectivity index is 2.34. The van der Waals surface area contributed by atoms with Crippen LogP contribution >= 0.6 is 0 Å². The van der Waals surface area contributed by atoms with Crippen LogP contribution in [0.15, 0.2) is 36.4 Å². The molecule has 0 aliphatic heterocycles. The molecule has 0 fully saturated rings. The summed E-state index contributed by atoms with van der Waals surface area (Å²) in [7, 11) is 0. The molecule has 0 saturated carbocycles. The summed E-state index contributed by atoms with van der Waals surface area (Å²) in [6.07, 6.45) is 10.8. The third-order valence-electron chi connectivity index (χ3n) is 3.86. The van der Waals surface area contributed by atoms with E-state index in [1.807, 2.05) is 30.3 Å². The van der Waals surface area contributed by atoms with Gasteiger partial charge in [0.2, 0.25) is 0 Å². The smallest absolute Gasteiger partial charge is 0.0793 e. The Morgan fingerprint density at radius 3 is 2.24 bits per heavy atom. The molecule has 21 heavy (non-hydrogen) atoms. The Morgan fingerprint density at radius 2 is 1.62 bits per heavy atom. The molecule has 1 aromatic carbocycles. The molecule has 1 unspecified atom stereocenters. The first kappa shape index (κ1) is 17.9. The first-order valence-electron chi connectivity index (χ1n) is 8.34. The Hall–Kier alpha value is -1.12. The van der Waals surface area contributed by atoms with E-state index in [0.717, 1.165) is 24.0 Å².